The summed E-state index contributed by atoms with van der Waals surface area (Å²) in [6.45, 7) is 4.05. The third-order valence-corrected chi connectivity index (χ3v) is 2.79. The van der Waals surface area contributed by atoms with Crippen LogP contribution >= 0.6 is 0 Å². The molecule has 3 heteroatoms. The van der Waals surface area contributed by atoms with Gasteiger partial charge in [-0.1, -0.05) is 25.1 Å². The van der Waals surface area contributed by atoms with E-state index in [9.17, 15) is 0 Å². The number of pyridine rings is 1. The summed E-state index contributed by atoms with van der Waals surface area (Å²) in [6.07, 6.45) is 0.997. The molecule has 2 rings (SSSR count). The largest absolute Gasteiger partial charge is 0.397 e. The van der Waals surface area contributed by atoms with Crippen LogP contribution in [-0.4, -0.2) is 4.98 Å². The van der Waals surface area contributed by atoms with Crippen molar-refractivity contribution in [2.45, 2.75) is 20.3 Å². The Labute approximate surface area is 102 Å². The van der Waals surface area contributed by atoms with Crippen molar-refractivity contribution in [1.29, 1.82) is 0 Å². The van der Waals surface area contributed by atoms with Crippen LogP contribution in [0.4, 0.5) is 17.2 Å². The van der Waals surface area contributed by atoms with Gasteiger partial charge in [-0.25, -0.2) is 4.98 Å². The number of anilines is 3. The molecule has 88 valence electrons. The van der Waals surface area contributed by atoms with Crippen molar-refractivity contribution in [1.82, 2.24) is 4.98 Å². The van der Waals surface area contributed by atoms with Crippen LogP contribution in [-0.2, 0) is 6.42 Å². The number of rotatable bonds is 3. The van der Waals surface area contributed by atoms with Crippen LogP contribution < -0.4 is 11.1 Å². The van der Waals surface area contributed by atoms with Crippen molar-refractivity contribution in [2.24, 2.45) is 0 Å². The standard InChI is InChI=1S/C14H17N3/c1-3-11-6-4-5-7-13(11)17-14-9-8-12(15)10(2)16-14/h4-9H,3,15H2,1-2H3,(H,16,17). The van der Waals surface area contributed by atoms with Gasteiger partial charge in [-0.05, 0) is 37.1 Å². The van der Waals surface area contributed by atoms with Crippen molar-refractivity contribution in [2.75, 3.05) is 11.1 Å². The first-order chi connectivity index (χ1) is 8.20. The molecule has 0 bridgehead atoms. The normalized spacial score (nSPS) is 10.2. The van der Waals surface area contributed by atoms with Crippen molar-refractivity contribution in [3.63, 3.8) is 0 Å². The van der Waals surface area contributed by atoms with Crippen LogP contribution in [0.15, 0.2) is 36.4 Å². The van der Waals surface area contributed by atoms with Crippen LogP contribution in [0.25, 0.3) is 0 Å². The van der Waals surface area contributed by atoms with Crippen LogP contribution in [0.1, 0.15) is 18.2 Å². The number of nitrogens with one attached hydrogen (secondary N) is 1. The minimum Gasteiger partial charge on any atom is -0.397 e. The Morgan fingerprint density at radius 1 is 1.18 bits per heavy atom. The monoisotopic (exact) mass is 227 g/mol. The Bertz CT molecular complexity index is 521. The first-order valence-electron chi connectivity index (χ1n) is 5.78. The van der Waals surface area contributed by atoms with E-state index in [2.05, 4.69) is 29.4 Å². The van der Waals surface area contributed by atoms with E-state index in [1.807, 2.05) is 31.2 Å². The molecule has 1 heterocycles. The second kappa shape index (κ2) is 4.87. The summed E-state index contributed by atoms with van der Waals surface area (Å²) < 4.78 is 0. The molecule has 0 radical (unpaired) electrons. The molecule has 0 atom stereocenters. The zero-order valence-electron chi connectivity index (χ0n) is 10.2. The Hall–Kier alpha value is -2.03. The second-order valence-electron chi connectivity index (χ2n) is 4.01. The molecule has 0 saturated heterocycles. The van der Waals surface area contributed by atoms with Crippen LogP contribution in [0.5, 0.6) is 0 Å². The van der Waals surface area contributed by atoms with Gasteiger partial charge in [0.2, 0.25) is 0 Å². The summed E-state index contributed by atoms with van der Waals surface area (Å²) in [5.74, 6) is 0.831. The van der Waals surface area contributed by atoms with Gasteiger partial charge in [-0.3, -0.25) is 0 Å². The maximum absolute atomic E-state index is 5.75. The Kier molecular flexibility index (Phi) is 3.28. The van der Waals surface area contributed by atoms with E-state index in [1.54, 1.807) is 0 Å². The summed E-state index contributed by atoms with van der Waals surface area (Å²) in [6, 6.07) is 12.0. The van der Waals surface area contributed by atoms with Crippen molar-refractivity contribution >= 4 is 17.2 Å². The molecule has 0 amide bonds. The fraction of sp³-hybridized carbons (Fsp3) is 0.214. The van der Waals surface area contributed by atoms with Gasteiger partial charge in [0.05, 0.1) is 11.4 Å². The van der Waals surface area contributed by atoms with Crippen LogP contribution in [0, 0.1) is 6.92 Å². The fourth-order valence-electron chi connectivity index (χ4n) is 1.73. The summed E-state index contributed by atoms with van der Waals surface area (Å²) in [5, 5.41) is 3.32. The number of aromatic nitrogens is 1. The molecule has 0 spiro atoms. The molecule has 0 fully saturated rings. The van der Waals surface area contributed by atoms with Crippen LogP contribution in [0.2, 0.25) is 0 Å². The zero-order valence-corrected chi connectivity index (χ0v) is 10.2. The quantitative estimate of drug-likeness (QED) is 0.846. The molecule has 0 aliphatic rings. The van der Waals surface area contributed by atoms with Gasteiger partial charge >= 0.3 is 0 Å². The van der Waals surface area contributed by atoms with Gasteiger partial charge in [0.25, 0.3) is 0 Å². The van der Waals surface area contributed by atoms with E-state index >= 15 is 0 Å². The summed E-state index contributed by atoms with van der Waals surface area (Å²) in [4.78, 5) is 4.41. The van der Waals surface area contributed by atoms with Crippen molar-refractivity contribution in [3.05, 3.63) is 47.7 Å². The maximum atomic E-state index is 5.75. The highest BCUT2D eigenvalue weighted by Crippen LogP contribution is 2.21. The number of nitrogens with two attached hydrogens (primary N) is 1. The van der Waals surface area contributed by atoms with E-state index in [1.165, 1.54) is 5.56 Å². The van der Waals surface area contributed by atoms with Gasteiger partial charge < -0.3 is 11.1 Å². The molecular weight excluding hydrogens is 210 g/mol. The minimum atomic E-state index is 0.722. The number of hydrogen-bond donors (Lipinski definition) is 2. The molecule has 3 N–H and O–H groups in total. The van der Waals surface area contributed by atoms with Crippen LogP contribution in [0.3, 0.4) is 0 Å². The van der Waals surface area contributed by atoms with E-state index in [0.29, 0.717) is 0 Å². The third kappa shape index (κ3) is 2.56. The fourth-order valence-corrected chi connectivity index (χ4v) is 1.73. The SMILES string of the molecule is CCc1ccccc1Nc1ccc(N)c(C)n1. The number of benzene rings is 1. The molecule has 0 aliphatic heterocycles. The second-order valence-corrected chi connectivity index (χ2v) is 4.01. The smallest absolute Gasteiger partial charge is 0.130 e. The summed E-state index contributed by atoms with van der Waals surface area (Å²) >= 11 is 0. The summed E-state index contributed by atoms with van der Waals surface area (Å²) in [7, 11) is 0. The first-order valence-corrected chi connectivity index (χ1v) is 5.78. The van der Waals surface area contributed by atoms with Crippen molar-refractivity contribution < 1.29 is 0 Å². The molecule has 0 aliphatic carbocycles. The lowest BCUT2D eigenvalue weighted by Gasteiger charge is -2.11. The Morgan fingerprint density at radius 3 is 2.65 bits per heavy atom. The number of nitrogens with zero attached hydrogens (tertiary/aromatic N) is 1. The van der Waals surface area contributed by atoms with Crippen molar-refractivity contribution in [3.8, 4) is 0 Å². The number of hydrogen-bond acceptors (Lipinski definition) is 3. The van der Waals surface area contributed by atoms with Gasteiger partial charge in [0.1, 0.15) is 5.82 Å². The van der Waals surface area contributed by atoms with Gasteiger partial charge in [-0.15, -0.1) is 0 Å². The highest BCUT2D eigenvalue weighted by atomic mass is 15.0. The lowest BCUT2D eigenvalue weighted by molar-refractivity contribution is 1.13. The van der Waals surface area contributed by atoms with Gasteiger partial charge in [0.15, 0.2) is 0 Å². The maximum Gasteiger partial charge on any atom is 0.130 e. The molecule has 3 nitrogen and oxygen atoms in total. The van der Waals surface area contributed by atoms with E-state index in [-0.39, 0.29) is 0 Å². The van der Waals surface area contributed by atoms with E-state index < -0.39 is 0 Å². The van der Waals surface area contributed by atoms with E-state index in [4.69, 9.17) is 5.73 Å². The molecule has 0 unspecified atom stereocenters. The number of aryl methyl sites for hydroxylation is 2. The predicted molar refractivity (Wildman–Crippen MR) is 72.5 cm³/mol. The topological polar surface area (TPSA) is 50.9 Å². The summed E-state index contributed by atoms with van der Waals surface area (Å²) in [5.41, 5.74) is 9.71. The minimum absolute atomic E-state index is 0.722. The highest BCUT2D eigenvalue weighted by Gasteiger charge is 2.02. The highest BCUT2D eigenvalue weighted by molar-refractivity contribution is 5.62. The van der Waals surface area contributed by atoms with Gasteiger partial charge in [0, 0.05) is 5.69 Å². The average Bonchev–Trinajstić information content (AvgIpc) is 2.34. The molecule has 17 heavy (non-hydrogen) atoms. The zero-order chi connectivity index (χ0) is 12.3. The number of nitrogen functional groups attached to an aromatic ring is 1. The Balaban J connectivity index is 2.28. The lowest BCUT2D eigenvalue weighted by Crippen LogP contribution is -2.00. The molecule has 0 saturated carbocycles. The average molecular weight is 227 g/mol. The Morgan fingerprint density at radius 2 is 1.94 bits per heavy atom. The molecule has 1 aromatic carbocycles. The number of para-hydroxylation sites is 1. The molecular formula is C14H17N3. The lowest BCUT2D eigenvalue weighted by atomic mass is 10.1. The molecule has 2 aromatic rings. The van der Waals surface area contributed by atoms with Gasteiger partial charge in [-0.2, -0.15) is 0 Å². The predicted octanol–water partition coefficient (Wildman–Crippen LogP) is 3.28. The third-order valence-electron chi connectivity index (χ3n) is 2.79. The van der Waals surface area contributed by atoms with E-state index in [0.717, 1.165) is 29.3 Å². The molecule has 1 aromatic heterocycles. The first kappa shape index (κ1) is 11.5.